The van der Waals surface area contributed by atoms with Gasteiger partial charge in [0, 0.05) is 0 Å². The van der Waals surface area contributed by atoms with Gasteiger partial charge in [-0.15, -0.1) is 11.3 Å². The molecule has 2 nitrogen and oxygen atoms in total. The van der Waals surface area contributed by atoms with Crippen LogP contribution in [0.15, 0.2) is 24.3 Å². The van der Waals surface area contributed by atoms with Crippen LogP contribution in [0.4, 0.5) is 0 Å². The zero-order valence-corrected chi connectivity index (χ0v) is 9.05. The molecular weight excluding hydrogens is 212 g/mol. The Balaban J connectivity index is 2.41. The lowest BCUT2D eigenvalue weighted by molar-refractivity contribution is 0.974. The predicted octanol–water partition coefficient (Wildman–Crippen LogP) is 3.18. The monoisotopic (exact) mass is 220 g/mol. The van der Waals surface area contributed by atoms with E-state index < -0.39 is 0 Å². The van der Waals surface area contributed by atoms with E-state index in [0.717, 1.165) is 15.2 Å². The number of thiol groups is 1. The van der Waals surface area contributed by atoms with Gasteiger partial charge < -0.3 is 0 Å². The SMILES string of the molecule is N#CCC(S)c1nc2ccccc2s1. The third kappa shape index (κ3) is 1.74. The summed E-state index contributed by atoms with van der Waals surface area (Å²) in [6.07, 6.45) is 0.406. The van der Waals surface area contributed by atoms with E-state index in [1.807, 2.05) is 24.3 Å². The molecule has 0 bridgehead atoms. The van der Waals surface area contributed by atoms with Gasteiger partial charge in [-0.2, -0.15) is 17.9 Å². The summed E-state index contributed by atoms with van der Waals surface area (Å²) in [6.45, 7) is 0. The lowest BCUT2D eigenvalue weighted by Crippen LogP contribution is -1.86. The van der Waals surface area contributed by atoms with Gasteiger partial charge in [0.2, 0.25) is 0 Å². The molecule has 1 atom stereocenters. The van der Waals surface area contributed by atoms with E-state index in [-0.39, 0.29) is 5.25 Å². The van der Waals surface area contributed by atoms with Crippen LogP contribution < -0.4 is 0 Å². The maximum absolute atomic E-state index is 8.55. The van der Waals surface area contributed by atoms with Crippen molar-refractivity contribution < 1.29 is 0 Å². The molecule has 4 heteroatoms. The number of hydrogen-bond donors (Lipinski definition) is 1. The average Bonchev–Trinajstić information content (AvgIpc) is 2.61. The van der Waals surface area contributed by atoms with E-state index >= 15 is 0 Å². The quantitative estimate of drug-likeness (QED) is 0.789. The molecule has 1 aromatic heterocycles. The highest BCUT2D eigenvalue weighted by Gasteiger charge is 2.11. The highest BCUT2D eigenvalue weighted by Crippen LogP contribution is 2.30. The van der Waals surface area contributed by atoms with Crippen molar-refractivity contribution in [3.63, 3.8) is 0 Å². The summed E-state index contributed by atoms with van der Waals surface area (Å²) >= 11 is 5.94. The number of thiazole rings is 1. The number of hydrogen-bond acceptors (Lipinski definition) is 4. The van der Waals surface area contributed by atoms with Crippen molar-refractivity contribution >= 4 is 34.2 Å². The number of benzene rings is 1. The number of nitrogens with zero attached hydrogens (tertiary/aromatic N) is 2. The number of nitriles is 1. The predicted molar refractivity (Wildman–Crippen MR) is 61.6 cm³/mol. The van der Waals surface area contributed by atoms with Crippen molar-refractivity contribution in [1.29, 1.82) is 5.26 Å². The molecular formula is C10H8N2S2. The van der Waals surface area contributed by atoms with Crippen molar-refractivity contribution in [2.45, 2.75) is 11.7 Å². The second-order valence-electron chi connectivity index (χ2n) is 2.90. The molecule has 0 aliphatic heterocycles. The summed E-state index contributed by atoms with van der Waals surface area (Å²) in [5, 5.41) is 9.42. The maximum Gasteiger partial charge on any atom is 0.108 e. The zero-order chi connectivity index (χ0) is 9.97. The number of fused-ring (bicyclic) bond motifs is 1. The van der Waals surface area contributed by atoms with E-state index in [0.29, 0.717) is 6.42 Å². The summed E-state index contributed by atoms with van der Waals surface area (Å²) in [5.41, 5.74) is 0.990. The van der Waals surface area contributed by atoms with Crippen LogP contribution in [0.25, 0.3) is 10.2 Å². The molecule has 0 aliphatic rings. The van der Waals surface area contributed by atoms with Crippen molar-refractivity contribution in [2.24, 2.45) is 0 Å². The van der Waals surface area contributed by atoms with E-state index in [1.165, 1.54) is 0 Å². The minimum atomic E-state index is -0.0580. The van der Waals surface area contributed by atoms with Gasteiger partial charge in [0.25, 0.3) is 0 Å². The van der Waals surface area contributed by atoms with Crippen LogP contribution in [0.5, 0.6) is 0 Å². The van der Waals surface area contributed by atoms with Crippen LogP contribution in [-0.2, 0) is 0 Å². The van der Waals surface area contributed by atoms with Crippen LogP contribution >= 0.6 is 24.0 Å². The molecule has 14 heavy (non-hydrogen) atoms. The lowest BCUT2D eigenvalue weighted by Gasteiger charge is -1.98. The molecule has 0 saturated carbocycles. The fraction of sp³-hybridized carbons (Fsp3) is 0.200. The van der Waals surface area contributed by atoms with Crippen LogP contribution in [0, 0.1) is 11.3 Å². The Labute approximate surface area is 91.6 Å². The molecule has 1 unspecified atom stereocenters. The average molecular weight is 220 g/mol. The Morgan fingerprint density at radius 2 is 2.29 bits per heavy atom. The Morgan fingerprint density at radius 1 is 1.50 bits per heavy atom. The molecule has 1 aromatic carbocycles. The van der Waals surface area contributed by atoms with Crippen molar-refractivity contribution in [1.82, 2.24) is 4.98 Å². The number of para-hydroxylation sites is 1. The fourth-order valence-electron chi connectivity index (χ4n) is 1.21. The minimum Gasteiger partial charge on any atom is -0.240 e. The molecule has 0 N–H and O–H groups in total. The first kappa shape index (κ1) is 9.50. The van der Waals surface area contributed by atoms with Gasteiger partial charge in [0.15, 0.2) is 0 Å². The Morgan fingerprint density at radius 3 is 3.00 bits per heavy atom. The fourth-order valence-corrected chi connectivity index (χ4v) is 2.46. The van der Waals surface area contributed by atoms with E-state index in [4.69, 9.17) is 5.26 Å². The van der Waals surface area contributed by atoms with Gasteiger partial charge in [0.05, 0.1) is 28.0 Å². The Bertz CT molecular complexity index is 451. The summed E-state index contributed by atoms with van der Waals surface area (Å²) in [4.78, 5) is 4.42. The van der Waals surface area contributed by atoms with Gasteiger partial charge in [0.1, 0.15) is 5.01 Å². The standard InChI is InChI=1S/C10H8N2S2/c11-6-5-8(13)10-12-7-3-1-2-4-9(7)14-10/h1-4,8,13H,5H2. The van der Waals surface area contributed by atoms with Gasteiger partial charge in [-0.05, 0) is 12.1 Å². The van der Waals surface area contributed by atoms with E-state index in [1.54, 1.807) is 11.3 Å². The molecule has 0 aliphatic carbocycles. The van der Waals surface area contributed by atoms with Crippen LogP contribution in [0.1, 0.15) is 16.7 Å². The number of rotatable bonds is 2. The lowest BCUT2D eigenvalue weighted by atomic mass is 10.3. The topological polar surface area (TPSA) is 36.7 Å². The molecule has 0 fully saturated rings. The zero-order valence-electron chi connectivity index (χ0n) is 7.34. The molecule has 0 amide bonds. The molecule has 0 radical (unpaired) electrons. The van der Waals surface area contributed by atoms with Gasteiger partial charge in [-0.1, -0.05) is 12.1 Å². The molecule has 2 aromatic rings. The normalized spacial score (nSPS) is 12.6. The number of aromatic nitrogens is 1. The minimum absolute atomic E-state index is 0.0580. The molecule has 0 saturated heterocycles. The Hall–Kier alpha value is -1.05. The van der Waals surface area contributed by atoms with Crippen LogP contribution in [-0.4, -0.2) is 4.98 Å². The van der Waals surface area contributed by atoms with Crippen molar-refractivity contribution in [2.75, 3.05) is 0 Å². The highest BCUT2D eigenvalue weighted by molar-refractivity contribution is 7.80. The summed E-state index contributed by atoms with van der Waals surface area (Å²) in [7, 11) is 0. The molecule has 2 rings (SSSR count). The van der Waals surface area contributed by atoms with Crippen molar-refractivity contribution in [3.05, 3.63) is 29.3 Å². The molecule has 1 heterocycles. The van der Waals surface area contributed by atoms with Gasteiger partial charge in [-0.25, -0.2) is 4.98 Å². The van der Waals surface area contributed by atoms with E-state index in [2.05, 4.69) is 23.7 Å². The second-order valence-corrected chi connectivity index (χ2v) is 4.58. The van der Waals surface area contributed by atoms with Gasteiger partial charge >= 0.3 is 0 Å². The second kappa shape index (κ2) is 3.99. The van der Waals surface area contributed by atoms with Gasteiger partial charge in [-0.3, -0.25) is 0 Å². The maximum atomic E-state index is 8.55. The van der Waals surface area contributed by atoms with Crippen LogP contribution in [0.3, 0.4) is 0 Å². The molecule has 70 valence electrons. The Kier molecular flexibility index (Phi) is 2.71. The summed E-state index contributed by atoms with van der Waals surface area (Å²) in [6, 6.07) is 10.1. The largest absolute Gasteiger partial charge is 0.240 e. The highest BCUT2D eigenvalue weighted by atomic mass is 32.1. The first-order chi connectivity index (χ1) is 6.81. The smallest absolute Gasteiger partial charge is 0.108 e. The van der Waals surface area contributed by atoms with Crippen LogP contribution in [0.2, 0.25) is 0 Å². The van der Waals surface area contributed by atoms with Crippen molar-refractivity contribution in [3.8, 4) is 6.07 Å². The first-order valence-electron chi connectivity index (χ1n) is 4.22. The summed E-state index contributed by atoms with van der Waals surface area (Å²) < 4.78 is 1.15. The third-order valence-electron chi connectivity index (χ3n) is 1.88. The molecule has 0 spiro atoms. The van der Waals surface area contributed by atoms with E-state index in [9.17, 15) is 0 Å². The first-order valence-corrected chi connectivity index (χ1v) is 5.55. The third-order valence-corrected chi connectivity index (χ3v) is 3.63. The summed E-state index contributed by atoms with van der Waals surface area (Å²) in [5.74, 6) is 0.